The SMILES string of the molecule is C=C.C=O.CN1CCCC(CN)C1.Cc1ccc2[nH]c(=O)cc(C(C)(F)F)c2c1. The number of halogens is 2. The molecular weight excluding hydrogens is 376 g/mol. The molecular formula is C22H33F2N3O2. The Balaban J connectivity index is 0.000000513. The van der Waals surface area contributed by atoms with Crippen molar-refractivity contribution in [1.29, 1.82) is 0 Å². The molecule has 1 atom stereocenters. The van der Waals surface area contributed by atoms with Gasteiger partial charge in [0.15, 0.2) is 0 Å². The molecule has 3 N–H and O–H groups in total. The van der Waals surface area contributed by atoms with Crippen molar-refractivity contribution in [1.82, 2.24) is 9.88 Å². The van der Waals surface area contributed by atoms with Crippen molar-refractivity contribution in [2.45, 2.75) is 32.6 Å². The van der Waals surface area contributed by atoms with Crippen molar-refractivity contribution in [3.8, 4) is 0 Å². The predicted octanol–water partition coefficient (Wildman–Crippen LogP) is 3.85. The number of aromatic amines is 1. The highest BCUT2D eigenvalue weighted by Gasteiger charge is 2.27. The van der Waals surface area contributed by atoms with Gasteiger partial charge in [0.05, 0.1) is 0 Å². The molecule has 0 radical (unpaired) electrons. The second-order valence-corrected chi connectivity index (χ2v) is 6.99. The third-order valence-electron chi connectivity index (χ3n) is 4.53. The molecule has 0 aliphatic carbocycles. The molecule has 2 heterocycles. The molecule has 1 unspecified atom stereocenters. The summed E-state index contributed by atoms with van der Waals surface area (Å²) in [6.07, 6.45) is 2.67. The molecule has 1 aromatic heterocycles. The second kappa shape index (κ2) is 13.0. The zero-order valence-electron chi connectivity index (χ0n) is 17.6. The standard InChI is InChI=1S/C12H11F2NO.C7H16N2.C2H4.CH2O/c1-7-3-4-10-8(5-7)9(12(2,13)14)6-11(16)15-10;1-9-4-2-3-7(5-8)6-9;2*1-2/h3-6H,1-2H3,(H,15,16);7H,2-6,8H2,1H3;1-2H2;1H2. The number of alkyl halides is 2. The number of carbonyl (C=O) groups is 1. The number of hydrogen-bond donors (Lipinski definition) is 2. The largest absolute Gasteiger partial charge is 0.330 e. The predicted molar refractivity (Wildman–Crippen MR) is 117 cm³/mol. The molecule has 1 fully saturated rings. The average molecular weight is 410 g/mol. The average Bonchev–Trinajstić information content (AvgIpc) is 2.70. The number of aryl methyl sites for hydroxylation is 1. The normalized spacial score (nSPS) is 16.4. The molecule has 0 amide bonds. The van der Waals surface area contributed by atoms with E-state index < -0.39 is 11.5 Å². The Bertz CT molecular complexity index is 801. The molecule has 0 spiro atoms. The zero-order valence-corrected chi connectivity index (χ0v) is 17.6. The number of nitrogens with two attached hydrogens (primary N) is 1. The van der Waals surface area contributed by atoms with Crippen LogP contribution in [0, 0.1) is 12.8 Å². The first-order valence-corrected chi connectivity index (χ1v) is 9.40. The Kier molecular flexibility index (Phi) is 11.9. The Labute approximate surface area is 171 Å². The number of likely N-dealkylation sites (tertiary alicyclic amines) is 1. The summed E-state index contributed by atoms with van der Waals surface area (Å²) in [6, 6.07) is 6.02. The third kappa shape index (κ3) is 8.66. The van der Waals surface area contributed by atoms with Crippen LogP contribution in [-0.4, -0.2) is 43.4 Å². The summed E-state index contributed by atoms with van der Waals surface area (Å²) in [7, 11) is 2.17. The van der Waals surface area contributed by atoms with Crippen molar-refractivity contribution < 1.29 is 13.6 Å². The second-order valence-electron chi connectivity index (χ2n) is 6.99. The summed E-state index contributed by atoms with van der Waals surface area (Å²) in [5.41, 5.74) is 6.12. The van der Waals surface area contributed by atoms with Crippen LogP contribution in [0.4, 0.5) is 8.78 Å². The van der Waals surface area contributed by atoms with Gasteiger partial charge in [0.1, 0.15) is 6.79 Å². The topological polar surface area (TPSA) is 79.2 Å². The maximum absolute atomic E-state index is 13.3. The van der Waals surface area contributed by atoms with E-state index >= 15 is 0 Å². The minimum absolute atomic E-state index is 0.227. The van der Waals surface area contributed by atoms with Crippen molar-refractivity contribution >= 4 is 17.7 Å². The summed E-state index contributed by atoms with van der Waals surface area (Å²) in [5, 5.41) is 0.395. The number of H-pyrrole nitrogens is 1. The smallest absolute Gasteiger partial charge is 0.271 e. The Morgan fingerprint density at radius 3 is 2.38 bits per heavy atom. The van der Waals surface area contributed by atoms with E-state index in [9.17, 15) is 13.6 Å². The van der Waals surface area contributed by atoms with Crippen LogP contribution in [0.2, 0.25) is 0 Å². The van der Waals surface area contributed by atoms with Crippen LogP contribution in [0.5, 0.6) is 0 Å². The monoisotopic (exact) mass is 409 g/mol. The van der Waals surface area contributed by atoms with Gasteiger partial charge in [-0.3, -0.25) is 4.79 Å². The Morgan fingerprint density at radius 1 is 1.28 bits per heavy atom. The van der Waals surface area contributed by atoms with Crippen LogP contribution in [-0.2, 0) is 10.7 Å². The highest BCUT2D eigenvalue weighted by molar-refractivity contribution is 5.83. The van der Waals surface area contributed by atoms with Crippen molar-refractivity contribution in [3.63, 3.8) is 0 Å². The van der Waals surface area contributed by atoms with Crippen LogP contribution in [0.25, 0.3) is 10.9 Å². The van der Waals surface area contributed by atoms with E-state index in [1.165, 1.54) is 25.9 Å². The van der Waals surface area contributed by atoms with E-state index in [0.29, 0.717) is 10.9 Å². The van der Waals surface area contributed by atoms with E-state index in [1.807, 2.05) is 13.7 Å². The lowest BCUT2D eigenvalue weighted by Gasteiger charge is -2.28. The first-order chi connectivity index (χ1) is 13.7. The van der Waals surface area contributed by atoms with E-state index in [1.54, 1.807) is 18.2 Å². The fraction of sp³-hybridized carbons (Fsp3) is 0.455. The lowest BCUT2D eigenvalue weighted by atomic mass is 9.99. The third-order valence-corrected chi connectivity index (χ3v) is 4.53. The van der Waals surface area contributed by atoms with Crippen LogP contribution in [0.1, 0.15) is 30.9 Å². The lowest BCUT2D eigenvalue weighted by Crippen LogP contribution is -2.35. The first-order valence-electron chi connectivity index (χ1n) is 9.40. The van der Waals surface area contributed by atoms with Gasteiger partial charge in [0.2, 0.25) is 5.56 Å². The van der Waals surface area contributed by atoms with E-state index in [0.717, 1.165) is 31.0 Å². The minimum Gasteiger partial charge on any atom is -0.330 e. The fourth-order valence-corrected chi connectivity index (χ4v) is 3.20. The number of nitrogens with one attached hydrogen (secondary N) is 1. The van der Waals surface area contributed by atoms with Gasteiger partial charge in [-0.1, -0.05) is 11.6 Å². The van der Waals surface area contributed by atoms with Crippen LogP contribution in [0.3, 0.4) is 0 Å². The molecule has 1 saturated heterocycles. The van der Waals surface area contributed by atoms with Gasteiger partial charge in [-0.2, -0.15) is 0 Å². The van der Waals surface area contributed by atoms with Crippen LogP contribution in [0.15, 0.2) is 42.2 Å². The van der Waals surface area contributed by atoms with Gasteiger partial charge in [-0.25, -0.2) is 8.78 Å². The van der Waals surface area contributed by atoms with Gasteiger partial charge in [0, 0.05) is 36.0 Å². The number of piperidine rings is 1. The number of benzene rings is 1. The molecule has 0 saturated carbocycles. The molecule has 1 aliphatic rings. The summed E-state index contributed by atoms with van der Waals surface area (Å²) in [5.74, 6) is -2.25. The van der Waals surface area contributed by atoms with Crippen molar-refractivity contribution in [2.24, 2.45) is 11.7 Å². The number of nitrogens with zero attached hydrogens (tertiary/aromatic N) is 1. The maximum Gasteiger partial charge on any atom is 0.271 e. The minimum atomic E-state index is -3.01. The summed E-state index contributed by atoms with van der Waals surface area (Å²) in [6.45, 7) is 13.9. The zero-order chi connectivity index (χ0) is 22.6. The number of fused-ring (bicyclic) bond motifs is 1. The summed E-state index contributed by atoms with van der Waals surface area (Å²) >= 11 is 0. The quantitative estimate of drug-likeness (QED) is 0.739. The van der Waals surface area contributed by atoms with Gasteiger partial charge in [-0.05, 0) is 58.0 Å². The number of aromatic nitrogens is 1. The number of rotatable bonds is 2. The van der Waals surface area contributed by atoms with Gasteiger partial charge in [-0.15, -0.1) is 13.2 Å². The highest BCUT2D eigenvalue weighted by Crippen LogP contribution is 2.31. The molecule has 7 heteroatoms. The molecule has 3 rings (SSSR count). The Hall–Kier alpha value is -2.38. The van der Waals surface area contributed by atoms with Gasteiger partial charge in [0.25, 0.3) is 5.92 Å². The van der Waals surface area contributed by atoms with Crippen molar-refractivity contribution in [3.05, 3.63) is 58.9 Å². The summed E-state index contributed by atoms with van der Waals surface area (Å²) in [4.78, 5) is 24.1. The lowest BCUT2D eigenvalue weighted by molar-refractivity contribution is -0.0980. The maximum atomic E-state index is 13.3. The van der Waals surface area contributed by atoms with E-state index in [-0.39, 0.29) is 5.56 Å². The fourth-order valence-electron chi connectivity index (χ4n) is 3.20. The summed E-state index contributed by atoms with van der Waals surface area (Å²) < 4.78 is 26.7. The van der Waals surface area contributed by atoms with E-state index in [4.69, 9.17) is 10.5 Å². The molecule has 1 aromatic carbocycles. The highest BCUT2D eigenvalue weighted by atomic mass is 19.3. The molecule has 5 nitrogen and oxygen atoms in total. The Morgan fingerprint density at radius 2 is 1.90 bits per heavy atom. The molecule has 162 valence electrons. The number of hydrogen-bond acceptors (Lipinski definition) is 4. The molecule has 0 bridgehead atoms. The number of carbonyl (C=O) groups excluding carboxylic acids is 1. The molecule has 29 heavy (non-hydrogen) atoms. The van der Waals surface area contributed by atoms with Gasteiger partial charge < -0.3 is 20.4 Å². The van der Waals surface area contributed by atoms with E-state index in [2.05, 4.69) is 30.1 Å². The van der Waals surface area contributed by atoms with Crippen molar-refractivity contribution in [2.75, 3.05) is 26.7 Å². The molecule has 2 aromatic rings. The number of pyridine rings is 1. The first kappa shape index (κ1) is 26.6. The van der Waals surface area contributed by atoms with Crippen LogP contribution < -0.4 is 11.3 Å². The van der Waals surface area contributed by atoms with Gasteiger partial charge >= 0.3 is 0 Å². The molecule has 1 aliphatic heterocycles. The van der Waals surface area contributed by atoms with Crippen LogP contribution >= 0.6 is 0 Å².